The van der Waals surface area contributed by atoms with E-state index in [1.165, 1.54) is 0 Å². The molecule has 0 amide bonds. The van der Waals surface area contributed by atoms with Crippen LogP contribution in [0, 0.1) is 47.3 Å². The van der Waals surface area contributed by atoms with Gasteiger partial charge in [0.1, 0.15) is 5.71 Å². The lowest BCUT2D eigenvalue weighted by molar-refractivity contribution is -0.577. The van der Waals surface area contributed by atoms with Crippen molar-refractivity contribution in [3.63, 3.8) is 0 Å². The quantitative estimate of drug-likeness (QED) is 0.134. The summed E-state index contributed by atoms with van der Waals surface area (Å²) < 4.78 is 39.0. The monoisotopic (exact) mass is 737 g/mol. The second kappa shape index (κ2) is 13.7. The van der Waals surface area contributed by atoms with Gasteiger partial charge in [0.2, 0.25) is 11.6 Å². The fourth-order valence-corrected chi connectivity index (χ4v) is 10.9. The maximum absolute atomic E-state index is 12.4. The minimum absolute atomic E-state index is 0.0550. The molecule has 10 fully saturated rings. The first kappa shape index (κ1) is 37.1. The average Bonchev–Trinajstić information content (AvgIpc) is 3.48. The molecule has 15 heteroatoms. The van der Waals surface area contributed by atoms with Crippen LogP contribution in [0.5, 0.6) is 0 Å². The number of carboxylic acids is 1. The summed E-state index contributed by atoms with van der Waals surface area (Å²) in [5.41, 5.74) is -1.20. The van der Waals surface area contributed by atoms with E-state index in [0.717, 1.165) is 38.5 Å². The number of fused-ring (bicyclic) bond motifs is 4. The molecule has 10 rings (SSSR count). The number of oxime groups is 1. The van der Waals surface area contributed by atoms with Gasteiger partial charge in [-0.25, -0.2) is 24.3 Å². The van der Waals surface area contributed by atoms with Crippen LogP contribution in [0.15, 0.2) is 5.16 Å². The normalized spacial score (nSPS) is 50.3. The van der Waals surface area contributed by atoms with E-state index in [1.54, 1.807) is 0 Å². The van der Waals surface area contributed by atoms with Gasteiger partial charge in [0, 0.05) is 36.5 Å². The lowest BCUT2D eigenvalue weighted by atomic mass is 9.58. The van der Waals surface area contributed by atoms with E-state index < -0.39 is 59.9 Å². The number of carbonyl (C=O) groups is 2. The molecule has 292 valence electrons. The first-order chi connectivity index (χ1) is 24.8. The molecule has 52 heavy (non-hydrogen) atoms. The fourth-order valence-electron chi connectivity index (χ4n) is 10.9. The van der Waals surface area contributed by atoms with Crippen LogP contribution >= 0.6 is 0 Å². The predicted molar refractivity (Wildman–Crippen MR) is 176 cm³/mol. The van der Waals surface area contributed by atoms with Crippen LogP contribution in [-0.2, 0) is 62.4 Å². The highest BCUT2D eigenvalue weighted by Gasteiger charge is 2.71. The highest BCUT2D eigenvalue weighted by Crippen LogP contribution is 2.62. The largest absolute Gasteiger partial charge is 0.481 e. The second-order valence-electron chi connectivity index (χ2n) is 17.2. The van der Waals surface area contributed by atoms with Crippen LogP contribution in [0.25, 0.3) is 0 Å². The van der Waals surface area contributed by atoms with Gasteiger partial charge in [-0.05, 0) is 76.0 Å². The molecule has 2 saturated carbocycles. The van der Waals surface area contributed by atoms with Gasteiger partial charge in [0.05, 0.1) is 26.1 Å². The van der Waals surface area contributed by atoms with Crippen molar-refractivity contribution in [3.8, 4) is 0 Å². The van der Waals surface area contributed by atoms with E-state index in [-0.39, 0.29) is 67.3 Å². The zero-order chi connectivity index (χ0) is 36.6. The Bertz CT molecular complexity index is 1330. The third-order valence-electron chi connectivity index (χ3n) is 13.8. The van der Waals surface area contributed by atoms with Crippen LogP contribution in [0.2, 0.25) is 0 Å². The molecule has 0 unspecified atom stereocenters. The summed E-state index contributed by atoms with van der Waals surface area (Å²) >= 11 is 0. The highest BCUT2D eigenvalue weighted by atomic mass is 17.3. The summed E-state index contributed by atoms with van der Waals surface area (Å²) in [4.78, 5) is 53.1. The molecule has 8 aliphatic heterocycles. The topological polar surface area (TPSA) is 168 Å². The molecule has 10 aliphatic rings. The molecule has 1 N–H and O–H groups in total. The van der Waals surface area contributed by atoms with E-state index >= 15 is 0 Å². The molecule has 15 nitrogen and oxygen atoms in total. The molecule has 8 heterocycles. The van der Waals surface area contributed by atoms with Crippen molar-refractivity contribution in [2.45, 2.75) is 154 Å². The van der Waals surface area contributed by atoms with E-state index in [2.05, 4.69) is 32.9 Å². The van der Waals surface area contributed by atoms with Crippen LogP contribution in [-0.4, -0.2) is 83.9 Å². The number of hydrogen-bond acceptors (Lipinski definition) is 14. The summed E-state index contributed by atoms with van der Waals surface area (Å²) in [6.07, 6.45) is 3.70. The van der Waals surface area contributed by atoms with Gasteiger partial charge < -0.3 is 38.4 Å². The minimum Gasteiger partial charge on any atom is -0.481 e. The average molecular weight is 738 g/mol. The molecular weight excluding hydrogens is 682 g/mol. The first-order valence-corrected chi connectivity index (χ1v) is 19.4. The molecule has 2 aliphatic carbocycles. The third-order valence-corrected chi connectivity index (χ3v) is 13.8. The maximum Gasteiger partial charge on any atom is 0.335 e. The van der Waals surface area contributed by atoms with E-state index in [4.69, 9.17) is 57.9 Å². The number of hydrogen-bond donors (Lipinski definition) is 1. The Kier molecular flexibility index (Phi) is 9.82. The third kappa shape index (κ3) is 6.15. The van der Waals surface area contributed by atoms with Crippen molar-refractivity contribution in [2.75, 3.05) is 13.2 Å². The Morgan fingerprint density at radius 3 is 1.62 bits per heavy atom. The van der Waals surface area contributed by atoms with Gasteiger partial charge in [-0.1, -0.05) is 32.9 Å². The molecule has 2 spiro atoms. The van der Waals surface area contributed by atoms with Crippen LogP contribution < -0.4 is 0 Å². The number of rotatable bonds is 10. The number of carbonyl (C=O) groups excluding carboxylic acids is 1. The highest BCUT2D eigenvalue weighted by molar-refractivity contribution is 5.87. The van der Waals surface area contributed by atoms with E-state index in [1.807, 2.05) is 13.8 Å². The van der Waals surface area contributed by atoms with Crippen molar-refractivity contribution in [3.05, 3.63) is 0 Å². The molecular formula is C37H55NO14. The van der Waals surface area contributed by atoms with Crippen LogP contribution in [0.3, 0.4) is 0 Å². The SMILES string of the molecule is C[C@H]1[C@@H](OCC(CO[C@H]2O[C@@H]3O[C@]4(C)CC[C@H]5[C@H](C)CC[C@@H]([C@H]2C)[C@@]35OO4)=NOC(=O)CCC(=O)O)O[C@@H]2O[C@]3(C)CC[C@H]4[C@H](C)CC[C@@H]1[C@@]24OO3. The number of aliphatic carboxylic acids is 1. The Morgan fingerprint density at radius 2 is 1.15 bits per heavy atom. The second-order valence-corrected chi connectivity index (χ2v) is 17.2. The summed E-state index contributed by atoms with van der Waals surface area (Å²) in [5, 5.41) is 13.2. The van der Waals surface area contributed by atoms with Gasteiger partial charge in [0.25, 0.3) is 0 Å². The fraction of sp³-hybridized carbons (Fsp3) is 0.919. The molecule has 0 aromatic carbocycles. The van der Waals surface area contributed by atoms with Crippen molar-refractivity contribution < 1.29 is 67.5 Å². The Balaban J connectivity index is 0.987. The lowest BCUT2D eigenvalue weighted by Crippen LogP contribution is -2.70. The van der Waals surface area contributed by atoms with Gasteiger partial charge in [-0.3, -0.25) is 4.79 Å². The van der Waals surface area contributed by atoms with E-state index in [0.29, 0.717) is 24.7 Å². The lowest BCUT2D eigenvalue weighted by Gasteiger charge is -2.60. The Labute approximate surface area is 304 Å². The smallest absolute Gasteiger partial charge is 0.335 e. The van der Waals surface area contributed by atoms with Crippen molar-refractivity contribution >= 4 is 17.7 Å². The zero-order valence-electron chi connectivity index (χ0n) is 31.1. The molecule has 16 atom stereocenters. The number of carboxylic acid groups (broad SMARTS) is 1. The minimum atomic E-state index is -1.11. The molecule has 4 bridgehead atoms. The van der Waals surface area contributed by atoms with Gasteiger partial charge in [0.15, 0.2) is 36.4 Å². The van der Waals surface area contributed by atoms with Crippen molar-refractivity contribution in [2.24, 2.45) is 52.5 Å². The Hall–Kier alpha value is -1.79. The van der Waals surface area contributed by atoms with Gasteiger partial charge in [-0.15, -0.1) is 0 Å². The maximum atomic E-state index is 12.4. The summed E-state index contributed by atoms with van der Waals surface area (Å²) in [6, 6.07) is 0. The van der Waals surface area contributed by atoms with Crippen LogP contribution in [0.1, 0.15) is 106 Å². The standard InChI is InChI=1S/C37H55NO14/c1-19-7-9-26-21(3)30(44-32-36(26)24(19)13-15-34(5,46-32)49-51-36)42-17-23(38-48-29(41)12-11-28(39)40)18-43-31-22(4)27-10-8-20(2)25-14-16-35(6)47-33(45-31)37(25,27)52-50-35/h19-22,24-27,30-33H,7-18H2,1-6H3,(H,39,40)/t19-,20-,21-,22-,24+,25+,26+,27+,30+,31+,32-,33-,34+,35+,36-,37-/m1/s1. The summed E-state index contributed by atoms with van der Waals surface area (Å²) in [7, 11) is 0. The summed E-state index contributed by atoms with van der Waals surface area (Å²) in [6.45, 7) is 12.3. The predicted octanol–water partition coefficient (Wildman–Crippen LogP) is 5.20. The molecule has 0 aromatic rings. The molecule has 8 saturated heterocycles. The molecule has 0 aromatic heterocycles. The van der Waals surface area contributed by atoms with Crippen molar-refractivity contribution in [1.82, 2.24) is 0 Å². The number of ether oxygens (including phenoxy) is 6. The number of nitrogens with zero attached hydrogens (tertiary/aromatic N) is 1. The first-order valence-electron chi connectivity index (χ1n) is 19.4. The van der Waals surface area contributed by atoms with E-state index in [9.17, 15) is 9.59 Å². The van der Waals surface area contributed by atoms with Gasteiger partial charge in [-0.2, -0.15) is 0 Å². The molecule has 0 radical (unpaired) electrons. The van der Waals surface area contributed by atoms with Crippen LogP contribution in [0.4, 0.5) is 0 Å². The van der Waals surface area contributed by atoms with Gasteiger partial charge >= 0.3 is 11.9 Å². The van der Waals surface area contributed by atoms with Crippen molar-refractivity contribution in [1.29, 1.82) is 0 Å². The Morgan fingerprint density at radius 1 is 0.673 bits per heavy atom. The summed E-state index contributed by atoms with van der Waals surface area (Å²) in [5.74, 6) is -2.52. The zero-order valence-corrected chi connectivity index (χ0v) is 31.1.